The topological polar surface area (TPSA) is 51.2 Å². The summed E-state index contributed by atoms with van der Waals surface area (Å²) >= 11 is 0. The van der Waals surface area contributed by atoms with Crippen LogP contribution in [-0.2, 0) is 11.3 Å². The van der Waals surface area contributed by atoms with E-state index in [-0.39, 0.29) is 23.5 Å². The Morgan fingerprint density at radius 2 is 2.15 bits per heavy atom. The average molecular weight is 278 g/mol. The molecule has 2 rings (SSSR count). The fourth-order valence-corrected chi connectivity index (χ4v) is 1.68. The number of nitrogens with one attached hydrogen (secondary N) is 1. The fourth-order valence-electron chi connectivity index (χ4n) is 1.68. The van der Waals surface area contributed by atoms with Gasteiger partial charge >= 0.3 is 5.97 Å². The molecular formula is C14H12F2N2O2. The summed E-state index contributed by atoms with van der Waals surface area (Å²) in [4.78, 5) is 15.5. The number of carbonyl (C=O) groups excluding carboxylic acids is 1. The minimum Gasteiger partial charge on any atom is -0.465 e. The van der Waals surface area contributed by atoms with Crippen LogP contribution in [0.25, 0.3) is 0 Å². The van der Waals surface area contributed by atoms with Crippen molar-refractivity contribution in [1.82, 2.24) is 4.98 Å². The van der Waals surface area contributed by atoms with Crippen LogP contribution in [0.1, 0.15) is 15.9 Å². The maximum atomic E-state index is 13.5. The van der Waals surface area contributed by atoms with Gasteiger partial charge in [0.25, 0.3) is 0 Å². The fraction of sp³-hybridized carbons (Fsp3) is 0.143. The number of pyridine rings is 1. The van der Waals surface area contributed by atoms with E-state index in [4.69, 9.17) is 0 Å². The van der Waals surface area contributed by atoms with Crippen molar-refractivity contribution in [2.75, 3.05) is 12.4 Å². The van der Waals surface area contributed by atoms with Crippen LogP contribution in [0.4, 0.5) is 14.6 Å². The smallest absolute Gasteiger partial charge is 0.341 e. The second-order valence-corrected chi connectivity index (χ2v) is 3.98. The molecule has 1 aromatic heterocycles. The maximum Gasteiger partial charge on any atom is 0.341 e. The van der Waals surface area contributed by atoms with Gasteiger partial charge in [-0.2, -0.15) is 0 Å². The van der Waals surface area contributed by atoms with Crippen molar-refractivity contribution in [2.45, 2.75) is 6.54 Å². The van der Waals surface area contributed by atoms with Crippen LogP contribution in [0.3, 0.4) is 0 Å². The second-order valence-electron chi connectivity index (χ2n) is 3.98. The molecule has 0 aliphatic carbocycles. The molecule has 6 heteroatoms. The van der Waals surface area contributed by atoms with Crippen LogP contribution in [-0.4, -0.2) is 18.1 Å². The van der Waals surface area contributed by atoms with E-state index < -0.39 is 17.6 Å². The SMILES string of the molecule is COC(=O)c1cccnc1NCc1cc(F)ccc1F. The van der Waals surface area contributed by atoms with Gasteiger partial charge in [-0.1, -0.05) is 0 Å². The lowest BCUT2D eigenvalue weighted by atomic mass is 10.2. The number of hydrogen-bond donors (Lipinski definition) is 1. The molecule has 0 spiro atoms. The Balaban J connectivity index is 2.19. The summed E-state index contributed by atoms with van der Waals surface area (Å²) in [5, 5.41) is 2.79. The molecule has 0 aliphatic heterocycles. The molecule has 0 radical (unpaired) electrons. The number of aromatic nitrogens is 1. The highest BCUT2D eigenvalue weighted by Crippen LogP contribution is 2.16. The molecular weight excluding hydrogens is 266 g/mol. The number of benzene rings is 1. The van der Waals surface area contributed by atoms with Crippen molar-refractivity contribution in [2.24, 2.45) is 0 Å². The number of halogens is 2. The molecule has 0 atom stereocenters. The maximum absolute atomic E-state index is 13.5. The molecule has 2 aromatic rings. The van der Waals surface area contributed by atoms with E-state index >= 15 is 0 Å². The van der Waals surface area contributed by atoms with Crippen LogP contribution in [0.2, 0.25) is 0 Å². The number of methoxy groups -OCH3 is 1. The molecule has 0 aliphatic rings. The largest absolute Gasteiger partial charge is 0.465 e. The predicted octanol–water partition coefficient (Wildman–Crippen LogP) is 2.76. The lowest BCUT2D eigenvalue weighted by Crippen LogP contribution is -2.10. The van der Waals surface area contributed by atoms with Crippen LogP contribution in [0.5, 0.6) is 0 Å². The van der Waals surface area contributed by atoms with E-state index in [1.807, 2.05) is 0 Å². The minimum absolute atomic E-state index is 0.00456. The number of ether oxygens (including phenoxy) is 1. The van der Waals surface area contributed by atoms with E-state index in [0.29, 0.717) is 0 Å². The molecule has 0 unspecified atom stereocenters. The van der Waals surface area contributed by atoms with Gasteiger partial charge in [0.1, 0.15) is 23.0 Å². The summed E-state index contributed by atoms with van der Waals surface area (Å²) in [5.74, 6) is -1.37. The van der Waals surface area contributed by atoms with Crippen molar-refractivity contribution < 1.29 is 18.3 Å². The number of anilines is 1. The third kappa shape index (κ3) is 3.09. The summed E-state index contributed by atoms with van der Waals surface area (Å²) in [7, 11) is 1.26. The van der Waals surface area contributed by atoms with E-state index in [9.17, 15) is 13.6 Å². The molecule has 4 nitrogen and oxygen atoms in total. The highest BCUT2D eigenvalue weighted by Gasteiger charge is 2.12. The predicted molar refractivity (Wildman–Crippen MR) is 69.3 cm³/mol. The van der Waals surface area contributed by atoms with Crippen LogP contribution in [0.15, 0.2) is 36.5 Å². The van der Waals surface area contributed by atoms with Crippen LogP contribution in [0, 0.1) is 11.6 Å². The number of nitrogens with zero attached hydrogens (tertiary/aromatic N) is 1. The standard InChI is InChI=1S/C14H12F2N2O2/c1-20-14(19)11-3-2-6-17-13(11)18-8-9-7-10(15)4-5-12(9)16/h2-7H,8H2,1H3,(H,17,18). The molecule has 0 saturated heterocycles. The van der Waals surface area contributed by atoms with Crippen molar-refractivity contribution in [3.8, 4) is 0 Å². The summed E-state index contributed by atoms with van der Waals surface area (Å²) in [5.41, 5.74) is 0.373. The molecule has 0 amide bonds. The molecule has 20 heavy (non-hydrogen) atoms. The summed E-state index contributed by atoms with van der Waals surface area (Å²) in [6.07, 6.45) is 1.48. The normalized spacial score (nSPS) is 10.2. The van der Waals surface area contributed by atoms with Crippen molar-refractivity contribution in [1.29, 1.82) is 0 Å². The van der Waals surface area contributed by atoms with Crippen molar-refractivity contribution in [3.63, 3.8) is 0 Å². The third-order valence-corrected chi connectivity index (χ3v) is 2.67. The lowest BCUT2D eigenvalue weighted by molar-refractivity contribution is 0.0601. The molecule has 1 heterocycles. The van der Waals surface area contributed by atoms with Gasteiger partial charge in [0, 0.05) is 18.3 Å². The quantitative estimate of drug-likeness (QED) is 0.874. The Labute approximate surface area is 114 Å². The van der Waals surface area contributed by atoms with E-state index in [2.05, 4.69) is 15.0 Å². The average Bonchev–Trinajstić information content (AvgIpc) is 2.47. The Morgan fingerprint density at radius 3 is 2.90 bits per heavy atom. The van der Waals surface area contributed by atoms with Crippen molar-refractivity contribution >= 4 is 11.8 Å². The monoisotopic (exact) mass is 278 g/mol. The minimum atomic E-state index is -0.555. The summed E-state index contributed by atoms with van der Waals surface area (Å²) < 4.78 is 31.1. The molecule has 1 aromatic carbocycles. The highest BCUT2D eigenvalue weighted by molar-refractivity contribution is 5.94. The first-order valence-corrected chi connectivity index (χ1v) is 5.83. The van der Waals surface area contributed by atoms with Gasteiger partial charge in [-0.05, 0) is 30.3 Å². The van der Waals surface area contributed by atoms with Gasteiger partial charge in [0.05, 0.1) is 7.11 Å². The van der Waals surface area contributed by atoms with Crippen LogP contribution >= 0.6 is 0 Å². The molecule has 0 fully saturated rings. The van der Waals surface area contributed by atoms with Gasteiger partial charge in [0.15, 0.2) is 0 Å². The van der Waals surface area contributed by atoms with Gasteiger partial charge in [-0.25, -0.2) is 18.6 Å². The van der Waals surface area contributed by atoms with Gasteiger partial charge in [0.2, 0.25) is 0 Å². The first kappa shape index (κ1) is 13.9. The van der Waals surface area contributed by atoms with Gasteiger partial charge in [-0.3, -0.25) is 0 Å². The molecule has 0 bridgehead atoms. The first-order chi connectivity index (χ1) is 9.61. The third-order valence-electron chi connectivity index (χ3n) is 2.67. The Bertz CT molecular complexity index is 632. The highest BCUT2D eigenvalue weighted by atomic mass is 19.1. The number of esters is 1. The first-order valence-electron chi connectivity index (χ1n) is 5.83. The Morgan fingerprint density at radius 1 is 1.35 bits per heavy atom. The van der Waals surface area contributed by atoms with Crippen LogP contribution < -0.4 is 5.32 Å². The molecule has 1 N–H and O–H groups in total. The number of hydrogen-bond acceptors (Lipinski definition) is 4. The zero-order valence-corrected chi connectivity index (χ0v) is 10.7. The number of carbonyl (C=O) groups is 1. The second kappa shape index (κ2) is 6.10. The molecule has 104 valence electrons. The molecule has 0 saturated carbocycles. The van der Waals surface area contributed by atoms with Gasteiger partial charge < -0.3 is 10.1 Å². The van der Waals surface area contributed by atoms with Crippen molar-refractivity contribution in [3.05, 3.63) is 59.3 Å². The lowest BCUT2D eigenvalue weighted by Gasteiger charge is -2.10. The van der Waals surface area contributed by atoms with E-state index in [1.54, 1.807) is 6.07 Å². The Hall–Kier alpha value is -2.50. The van der Waals surface area contributed by atoms with E-state index in [0.717, 1.165) is 18.2 Å². The zero-order valence-electron chi connectivity index (χ0n) is 10.7. The summed E-state index contributed by atoms with van der Waals surface area (Å²) in [6.45, 7) is 0.00456. The summed E-state index contributed by atoms with van der Waals surface area (Å²) in [6, 6.07) is 6.29. The van der Waals surface area contributed by atoms with Gasteiger partial charge in [-0.15, -0.1) is 0 Å². The zero-order chi connectivity index (χ0) is 14.5. The van der Waals surface area contributed by atoms with E-state index in [1.165, 1.54) is 19.4 Å². The Kier molecular flexibility index (Phi) is 4.24. The number of rotatable bonds is 4.